The average molecular weight is 605 g/mol. The van der Waals surface area contributed by atoms with E-state index >= 15 is 0 Å². The summed E-state index contributed by atoms with van der Waals surface area (Å²) in [6.45, 7) is 3.14. The van der Waals surface area contributed by atoms with E-state index < -0.39 is 55.4 Å². The number of aliphatic hydroxyl groups excluding tert-OH is 4. The van der Waals surface area contributed by atoms with E-state index in [9.17, 15) is 30.0 Å². The van der Waals surface area contributed by atoms with Gasteiger partial charge in [-0.2, -0.15) is 0 Å². The number of hydrogen-bond donors (Lipinski definition) is 4. The Hall–Kier alpha value is -1.30. The second kappa shape index (κ2) is 25.1. The van der Waals surface area contributed by atoms with E-state index in [4.69, 9.17) is 18.9 Å². The zero-order valence-electron chi connectivity index (χ0n) is 26.3. The van der Waals surface area contributed by atoms with Gasteiger partial charge in [0.15, 0.2) is 12.4 Å². The lowest BCUT2D eigenvalue weighted by molar-refractivity contribution is -0.305. The van der Waals surface area contributed by atoms with Crippen LogP contribution in [0.3, 0.4) is 0 Å². The van der Waals surface area contributed by atoms with Crippen LogP contribution < -0.4 is 0 Å². The number of esters is 2. The number of rotatable bonds is 26. The summed E-state index contributed by atoms with van der Waals surface area (Å²) in [7, 11) is 0. The molecule has 6 atom stereocenters. The van der Waals surface area contributed by atoms with Gasteiger partial charge in [0.25, 0.3) is 0 Å². The molecule has 1 aliphatic heterocycles. The fourth-order valence-electron chi connectivity index (χ4n) is 4.99. The number of hydrogen-bond acceptors (Lipinski definition) is 10. The summed E-state index contributed by atoms with van der Waals surface area (Å²) < 4.78 is 21.6. The number of carbonyl (C=O) groups excluding carboxylic acids is 2. The highest BCUT2D eigenvalue weighted by molar-refractivity contribution is 5.70. The van der Waals surface area contributed by atoms with Crippen molar-refractivity contribution in [1.82, 2.24) is 0 Å². The van der Waals surface area contributed by atoms with Crippen LogP contribution in [0.1, 0.15) is 136 Å². The predicted molar refractivity (Wildman–Crippen MR) is 160 cm³/mol. The molecule has 42 heavy (non-hydrogen) atoms. The highest BCUT2D eigenvalue weighted by Crippen LogP contribution is 2.22. The Kier molecular flexibility index (Phi) is 23.1. The van der Waals surface area contributed by atoms with Crippen LogP contribution in [-0.2, 0) is 28.5 Å². The maximum Gasteiger partial charge on any atom is 0.306 e. The molecule has 10 heteroatoms. The molecule has 1 heterocycles. The van der Waals surface area contributed by atoms with Gasteiger partial charge in [-0.05, 0) is 12.8 Å². The molecule has 0 aromatic carbocycles. The lowest BCUT2D eigenvalue weighted by Crippen LogP contribution is -2.59. The van der Waals surface area contributed by atoms with Crippen LogP contribution in [0.2, 0.25) is 0 Å². The molecule has 0 radical (unpaired) electrons. The van der Waals surface area contributed by atoms with Crippen molar-refractivity contribution in [2.24, 2.45) is 0 Å². The number of unbranched alkanes of at least 4 members (excludes halogenated alkanes) is 15. The first-order valence-corrected chi connectivity index (χ1v) is 16.6. The highest BCUT2D eigenvalue weighted by Gasteiger charge is 2.44. The Morgan fingerprint density at radius 3 is 1.67 bits per heavy atom. The van der Waals surface area contributed by atoms with Gasteiger partial charge in [-0.3, -0.25) is 9.59 Å². The van der Waals surface area contributed by atoms with E-state index in [1.54, 1.807) is 0 Å². The van der Waals surface area contributed by atoms with Crippen molar-refractivity contribution in [3.8, 4) is 0 Å². The average Bonchev–Trinajstić information content (AvgIpc) is 2.98. The van der Waals surface area contributed by atoms with Crippen LogP contribution in [-0.4, -0.2) is 89.0 Å². The molecule has 1 saturated heterocycles. The molecule has 248 valence electrons. The Labute approximate surface area is 253 Å². The molecular weight excluding hydrogens is 544 g/mol. The lowest BCUT2D eigenvalue weighted by atomic mass is 9.99. The molecule has 0 spiro atoms. The van der Waals surface area contributed by atoms with Crippen LogP contribution >= 0.6 is 0 Å². The summed E-state index contributed by atoms with van der Waals surface area (Å²) >= 11 is 0. The minimum atomic E-state index is -1.58. The number of ether oxygens (including phenoxy) is 4. The van der Waals surface area contributed by atoms with Gasteiger partial charge < -0.3 is 39.4 Å². The van der Waals surface area contributed by atoms with Crippen molar-refractivity contribution in [2.45, 2.75) is 173 Å². The fraction of sp³-hybridized carbons (Fsp3) is 0.938. The molecule has 0 amide bonds. The Balaban J connectivity index is 2.30. The molecule has 1 aliphatic rings. The Morgan fingerprint density at radius 1 is 0.643 bits per heavy atom. The molecule has 1 rings (SSSR count). The van der Waals surface area contributed by atoms with Gasteiger partial charge in [0.2, 0.25) is 0 Å². The molecule has 0 saturated carbocycles. The number of aliphatic hydroxyl groups is 4. The van der Waals surface area contributed by atoms with Crippen LogP contribution in [0.4, 0.5) is 0 Å². The second-order valence-corrected chi connectivity index (χ2v) is 11.6. The first kappa shape index (κ1) is 38.7. The summed E-state index contributed by atoms with van der Waals surface area (Å²) in [6.07, 6.45) is 12.4. The molecule has 0 aliphatic carbocycles. The van der Waals surface area contributed by atoms with Crippen molar-refractivity contribution in [1.29, 1.82) is 0 Å². The molecule has 0 unspecified atom stereocenters. The third kappa shape index (κ3) is 17.7. The highest BCUT2D eigenvalue weighted by atomic mass is 16.7. The fourth-order valence-corrected chi connectivity index (χ4v) is 4.99. The minimum absolute atomic E-state index is 0.218. The summed E-state index contributed by atoms with van der Waals surface area (Å²) in [6, 6.07) is 0. The molecular formula is C32H60O10. The third-order valence-electron chi connectivity index (χ3n) is 7.74. The van der Waals surface area contributed by atoms with Gasteiger partial charge in [-0.1, -0.05) is 110 Å². The Morgan fingerprint density at radius 2 is 1.14 bits per heavy atom. The van der Waals surface area contributed by atoms with Crippen LogP contribution in [0, 0.1) is 0 Å². The normalized spacial score (nSPS) is 23.0. The maximum atomic E-state index is 12.5. The van der Waals surface area contributed by atoms with Gasteiger partial charge in [-0.25, -0.2) is 0 Å². The number of carbonyl (C=O) groups is 2. The van der Waals surface area contributed by atoms with Crippen LogP contribution in [0.5, 0.6) is 0 Å². The SMILES string of the molecule is CCCCCCCCCCCCCCCCCC(=O)O[C@H](COC(=O)CCCC)CO[C@@H]1O[C@H](CO)[C@H](O)[C@H](O)[C@H]1O. The van der Waals surface area contributed by atoms with E-state index in [0.717, 1.165) is 25.7 Å². The van der Waals surface area contributed by atoms with E-state index in [1.165, 1.54) is 70.6 Å². The van der Waals surface area contributed by atoms with Crippen LogP contribution in [0.15, 0.2) is 0 Å². The van der Waals surface area contributed by atoms with Gasteiger partial charge in [0.05, 0.1) is 13.2 Å². The standard InChI is InChI=1S/C32H60O10/c1-3-5-7-8-9-10-11-12-13-14-15-16-17-18-19-21-28(35)41-25(23-39-27(34)20-6-4-2)24-40-32-31(38)30(37)29(36)26(22-33)42-32/h25-26,29-33,36-38H,3-24H2,1-2H3/t25-,26-,29+,30+,31-,32-/m1/s1. The van der Waals surface area contributed by atoms with E-state index in [1.807, 2.05) is 6.92 Å². The summed E-state index contributed by atoms with van der Waals surface area (Å²) in [5, 5.41) is 39.5. The van der Waals surface area contributed by atoms with Gasteiger partial charge in [0, 0.05) is 12.8 Å². The van der Waals surface area contributed by atoms with Crippen molar-refractivity contribution in [2.75, 3.05) is 19.8 Å². The largest absolute Gasteiger partial charge is 0.462 e. The van der Waals surface area contributed by atoms with Crippen molar-refractivity contribution < 1.29 is 49.0 Å². The maximum absolute atomic E-state index is 12.5. The van der Waals surface area contributed by atoms with E-state index in [-0.39, 0.29) is 26.1 Å². The van der Waals surface area contributed by atoms with Gasteiger partial charge in [-0.15, -0.1) is 0 Å². The molecule has 0 aromatic heterocycles. The Bertz CT molecular complexity index is 674. The van der Waals surface area contributed by atoms with Crippen molar-refractivity contribution >= 4 is 11.9 Å². The summed E-state index contributed by atoms with van der Waals surface area (Å²) in [4.78, 5) is 24.5. The smallest absolute Gasteiger partial charge is 0.306 e. The summed E-state index contributed by atoms with van der Waals surface area (Å²) in [5.74, 6) is -0.843. The molecule has 4 N–H and O–H groups in total. The van der Waals surface area contributed by atoms with Crippen molar-refractivity contribution in [3.63, 3.8) is 0 Å². The molecule has 10 nitrogen and oxygen atoms in total. The molecule has 1 fully saturated rings. The molecule has 0 bridgehead atoms. The van der Waals surface area contributed by atoms with Crippen LogP contribution in [0.25, 0.3) is 0 Å². The van der Waals surface area contributed by atoms with Gasteiger partial charge in [0.1, 0.15) is 31.0 Å². The van der Waals surface area contributed by atoms with Gasteiger partial charge >= 0.3 is 11.9 Å². The monoisotopic (exact) mass is 604 g/mol. The first-order valence-electron chi connectivity index (χ1n) is 16.6. The van der Waals surface area contributed by atoms with Crippen molar-refractivity contribution in [3.05, 3.63) is 0 Å². The lowest BCUT2D eigenvalue weighted by Gasteiger charge is -2.39. The quantitative estimate of drug-likeness (QED) is 0.0807. The topological polar surface area (TPSA) is 152 Å². The summed E-state index contributed by atoms with van der Waals surface area (Å²) in [5.41, 5.74) is 0. The zero-order chi connectivity index (χ0) is 31.0. The predicted octanol–water partition coefficient (Wildman–Crippen LogP) is 4.71. The third-order valence-corrected chi connectivity index (χ3v) is 7.74. The minimum Gasteiger partial charge on any atom is -0.462 e. The van der Waals surface area contributed by atoms with E-state index in [0.29, 0.717) is 12.8 Å². The molecule has 0 aromatic rings. The van der Waals surface area contributed by atoms with E-state index in [2.05, 4.69) is 6.92 Å². The second-order valence-electron chi connectivity index (χ2n) is 11.6. The first-order chi connectivity index (χ1) is 20.3. The zero-order valence-corrected chi connectivity index (χ0v) is 26.3.